The normalized spacial score (nSPS) is 12.5. The van der Waals surface area contributed by atoms with E-state index in [0.29, 0.717) is 0 Å². The third kappa shape index (κ3) is 5.40. The lowest BCUT2D eigenvalue weighted by Crippen LogP contribution is -2.17. The van der Waals surface area contributed by atoms with Gasteiger partial charge in [-0.3, -0.25) is 9.98 Å². The van der Waals surface area contributed by atoms with E-state index in [9.17, 15) is 0 Å². The van der Waals surface area contributed by atoms with E-state index in [1.165, 1.54) is 11.1 Å². The first-order chi connectivity index (χ1) is 17.6. The Labute approximate surface area is 224 Å². The van der Waals surface area contributed by atoms with E-state index in [1.807, 2.05) is 36.7 Å². The summed E-state index contributed by atoms with van der Waals surface area (Å²) in [6.07, 6.45) is 3.82. The highest BCUT2D eigenvalue weighted by molar-refractivity contribution is 7.21. The summed E-state index contributed by atoms with van der Waals surface area (Å²) in [5.41, 5.74) is 8.81. The molecule has 0 fully saturated rings. The number of rotatable bonds is 4. The van der Waals surface area contributed by atoms with E-state index in [-0.39, 0.29) is 10.8 Å². The first kappa shape index (κ1) is 25.0. The number of para-hydroxylation sites is 2. The number of fused-ring (bicyclic) bond motifs is 1. The average Bonchev–Trinajstić information content (AvgIpc) is 3.31. The SMILES string of the molecule is CC(C)(C)c1cc(C=Nc2ccccc2-c2nc3c(-c4ccccn4)cccc3s2)cc(C(C)(C)C)c1. The van der Waals surface area contributed by atoms with Crippen LogP contribution in [0.5, 0.6) is 0 Å². The molecule has 0 spiro atoms. The lowest BCUT2D eigenvalue weighted by Gasteiger charge is -2.25. The molecule has 37 heavy (non-hydrogen) atoms. The molecule has 0 atom stereocenters. The van der Waals surface area contributed by atoms with E-state index in [2.05, 4.69) is 101 Å². The molecule has 0 aliphatic rings. The van der Waals surface area contributed by atoms with Crippen molar-refractivity contribution < 1.29 is 0 Å². The molecule has 5 aromatic rings. The first-order valence-electron chi connectivity index (χ1n) is 12.7. The third-order valence-corrected chi connectivity index (χ3v) is 7.59. The Bertz CT molecular complexity index is 1550. The molecular formula is C33H33N3S. The molecule has 2 heterocycles. The monoisotopic (exact) mass is 503 g/mol. The molecular weight excluding hydrogens is 470 g/mol. The highest BCUT2D eigenvalue weighted by atomic mass is 32.1. The van der Waals surface area contributed by atoms with Gasteiger partial charge in [-0.1, -0.05) is 77.9 Å². The summed E-state index contributed by atoms with van der Waals surface area (Å²) < 4.78 is 1.14. The number of thiazole rings is 1. The van der Waals surface area contributed by atoms with Gasteiger partial charge in [0, 0.05) is 23.5 Å². The predicted molar refractivity (Wildman–Crippen MR) is 159 cm³/mol. The predicted octanol–water partition coefficient (Wildman–Crippen LogP) is 9.37. The molecule has 0 radical (unpaired) electrons. The van der Waals surface area contributed by atoms with Crippen LogP contribution in [0.25, 0.3) is 32.0 Å². The van der Waals surface area contributed by atoms with Gasteiger partial charge < -0.3 is 0 Å². The Balaban J connectivity index is 1.56. The van der Waals surface area contributed by atoms with Crippen molar-refractivity contribution in [2.75, 3.05) is 0 Å². The van der Waals surface area contributed by atoms with Crippen molar-refractivity contribution in [3.63, 3.8) is 0 Å². The number of hydrogen-bond acceptors (Lipinski definition) is 4. The molecule has 0 aliphatic carbocycles. The Morgan fingerprint density at radius 2 is 1.41 bits per heavy atom. The second-order valence-corrected chi connectivity index (χ2v) is 12.5. The van der Waals surface area contributed by atoms with Gasteiger partial charge in [0.1, 0.15) is 5.01 Å². The van der Waals surface area contributed by atoms with Crippen molar-refractivity contribution in [2.24, 2.45) is 4.99 Å². The van der Waals surface area contributed by atoms with Gasteiger partial charge in [0.2, 0.25) is 0 Å². The number of hydrogen-bond donors (Lipinski definition) is 0. The van der Waals surface area contributed by atoms with Crippen LogP contribution in [0.15, 0.2) is 90.1 Å². The minimum Gasteiger partial charge on any atom is -0.256 e. The van der Waals surface area contributed by atoms with Crippen LogP contribution in [-0.2, 0) is 10.8 Å². The van der Waals surface area contributed by atoms with Crippen LogP contribution in [0.3, 0.4) is 0 Å². The van der Waals surface area contributed by atoms with Crippen molar-refractivity contribution in [3.8, 4) is 21.8 Å². The number of benzene rings is 3. The van der Waals surface area contributed by atoms with Crippen LogP contribution in [-0.4, -0.2) is 16.2 Å². The van der Waals surface area contributed by atoms with Gasteiger partial charge in [0.25, 0.3) is 0 Å². The largest absolute Gasteiger partial charge is 0.256 e. The number of nitrogens with zero attached hydrogens (tertiary/aromatic N) is 3. The highest BCUT2D eigenvalue weighted by Gasteiger charge is 2.20. The molecule has 0 aliphatic heterocycles. The standard InChI is InChI=1S/C33H33N3S/c1-32(2,3)23-18-22(19-24(20-23)33(4,5)6)21-35-28-14-8-7-12-26(28)31-36-30-25(13-11-16-29(30)37-31)27-15-9-10-17-34-27/h7-21H,1-6H3. The minimum atomic E-state index is 0.0636. The van der Waals surface area contributed by atoms with Crippen molar-refractivity contribution >= 4 is 33.5 Å². The maximum atomic E-state index is 5.07. The van der Waals surface area contributed by atoms with Gasteiger partial charge >= 0.3 is 0 Å². The molecule has 0 saturated heterocycles. The van der Waals surface area contributed by atoms with Crippen LogP contribution in [0.1, 0.15) is 58.2 Å². The Morgan fingerprint density at radius 1 is 0.730 bits per heavy atom. The minimum absolute atomic E-state index is 0.0636. The maximum absolute atomic E-state index is 5.07. The maximum Gasteiger partial charge on any atom is 0.126 e. The number of pyridine rings is 1. The van der Waals surface area contributed by atoms with Gasteiger partial charge in [-0.2, -0.15) is 0 Å². The molecule has 0 saturated carbocycles. The lowest BCUT2D eigenvalue weighted by molar-refractivity contribution is 0.568. The fraction of sp³-hybridized carbons (Fsp3) is 0.242. The fourth-order valence-corrected chi connectivity index (χ4v) is 5.32. The Kier molecular flexibility index (Phi) is 6.55. The zero-order chi connectivity index (χ0) is 26.2. The summed E-state index contributed by atoms with van der Waals surface area (Å²) >= 11 is 1.69. The quantitative estimate of drug-likeness (QED) is 0.229. The van der Waals surface area contributed by atoms with Crippen LogP contribution < -0.4 is 0 Å². The fourth-order valence-electron chi connectivity index (χ4n) is 4.30. The van der Waals surface area contributed by atoms with Crippen molar-refractivity contribution in [3.05, 3.63) is 102 Å². The van der Waals surface area contributed by atoms with Crippen LogP contribution in [0, 0.1) is 0 Å². The van der Waals surface area contributed by atoms with Gasteiger partial charge in [-0.05, 0) is 70.0 Å². The van der Waals surface area contributed by atoms with Crippen molar-refractivity contribution in [1.82, 2.24) is 9.97 Å². The van der Waals surface area contributed by atoms with Gasteiger partial charge in [0.15, 0.2) is 0 Å². The van der Waals surface area contributed by atoms with Gasteiger partial charge in [-0.25, -0.2) is 4.98 Å². The topological polar surface area (TPSA) is 38.1 Å². The van der Waals surface area contributed by atoms with Gasteiger partial charge in [-0.15, -0.1) is 11.3 Å². The molecule has 0 N–H and O–H groups in total. The molecule has 4 heteroatoms. The average molecular weight is 504 g/mol. The van der Waals surface area contributed by atoms with Crippen molar-refractivity contribution in [1.29, 1.82) is 0 Å². The third-order valence-electron chi connectivity index (χ3n) is 6.53. The first-order valence-corrected chi connectivity index (χ1v) is 13.5. The van der Waals surface area contributed by atoms with E-state index in [1.54, 1.807) is 11.3 Å². The molecule has 0 unspecified atom stereocenters. The summed E-state index contributed by atoms with van der Waals surface area (Å²) in [4.78, 5) is 14.6. The summed E-state index contributed by atoms with van der Waals surface area (Å²) in [7, 11) is 0. The Morgan fingerprint density at radius 3 is 2.08 bits per heavy atom. The van der Waals surface area contributed by atoms with E-state index in [0.717, 1.165) is 43.3 Å². The molecule has 3 aromatic carbocycles. The Hall–Kier alpha value is -3.63. The summed E-state index contributed by atoms with van der Waals surface area (Å²) in [6.45, 7) is 13.6. The van der Waals surface area contributed by atoms with Gasteiger partial charge in [0.05, 0.1) is 21.6 Å². The number of aromatic nitrogens is 2. The van der Waals surface area contributed by atoms with E-state index in [4.69, 9.17) is 9.98 Å². The molecule has 186 valence electrons. The second-order valence-electron chi connectivity index (χ2n) is 11.5. The molecule has 2 aromatic heterocycles. The zero-order valence-electron chi connectivity index (χ0n) is 22.4. The van der Waals surface area contributed by atoms with Crippen LogP contribution in [0.4, 0.5) is 5.69 Å². The number of aliphatic imine (C=N–C) groups is 1. The summed E-state index contributed by atoms with van der Waals surface area (Å²) in [5, 5.41) is 0.963. The van der Waals surface area contributed by atoms with Crippen molar-refractivity contribution in [2.45, 2.75) is 52.4 Å². The second kappa shape index (κ2) is 9.68. The molecule has 0 bridgehead atoms. The van der Waals surface area contributed by atoms with Crippen LogP contribution in [0.2, 0.25) is 0 Å². The van der Waals surface area contributed by atoms with Crippen LogP contribution >= 0.6 is 11.3 Å². The van der Waals surface area contributed by atoms with E-state index < -0.39 is 0 Å². The summed E-state index contributed by atoms with van der Waals surface area (Å²) in [5.74, 6) is 0. The summed E-state index contributed by atoms with van der Waals surface area (Å²) in [6, 6.07) is 27.4. The van der Waals surface area contributed by atoms with E-state index >= 15 is 0 Å². The highest BCUT2D eigenvalue weighted by Crippen LogP contribution is 2.39. The smallest absolute Gasteiger partial charge is 0.126 e. The molecule has 0 amide bonds. The molecule has 5 rings (SSSR count). The molecule has 3 nitrogen and oxygen atoms in total. The lowest BCUT2D eigenvalue weighted by atomic mass is 9.79. The zero-order valence-corrected chi connectivity index (χ0v) is 23.2.